The Kier molecular flexibility index (Phi) is 10.7. The van der Waals surface area contributed by atoms with Crippen molar-refractivity contribution in [3.63, 3.8) is 0 Å². The molecule has 1 heterocycles. The molecule has 3 aromatic rings. The molecule has 0 spiro atoms. The molecule has 4 rings (SSSR count). The van der Waals surface area contributed by atoms with Crippen molar-refractivity contribution in [2.45, 2.75) is 62.1 Å². The van der Waals surface area contributed by atoms with Gasteiger partial charge >= 0.3 is 12.4 Å². The second-order valence-electron chi connectivity index (χ2n) is 11.2. The molecule has 1 fully saturated rings. The number of ketones is 1. The lowest BCUT2D eigenvalue weighted by atomic mass is 9.84. The van der Waals surface area contributed by atoms with E-state index in [1.165, 1.54) is 12.1 Å². The summed E-state index contributed by atoms with van der Waals surface area (Å²) in [7, 11) is 0. The number of aliphatic hydroxyl groups excluding tert-OH is 1. The predicted octanol–water partition coefficient (Wildman–Crippen LogP) is 8.05. The van der Waals surface area contributed by atoms with E-state index in [0.29, 0.717) is 56.6 Å². The van der Waals surface area contributed by atoms with Crippen LogP contribution in [0.2, 0.25) is 10.0 Å². The summed E-state index contributed by atoms with van der Waals surface area (Å²) in [5.41, 5.74) is -2.98. The van der Waals surface area contributed by atoms with Crippen LogP contribution in [0.25, 0.3) is 0 Å². The minimum Gasteiger partial charge on any atom is -0.392 e. The SMILES string of the molecule is O=C(CC(O)Cc1cc(C(F)(F)F)cc(C(F)(F)F)c1)C(CCN1CCC(O)(c2ccccc2)CC1)c1ccc(Cl)c(Cl)c1. The molecule has 0 bridgehead atoms. The summed E-state index contributed by atoms with van der Waals surface area (Å²) in [4.78, 5) is 15.6. The largest absolute Gasteiger partial charge is 0.416 e. The van der Waals surface area contributed by atoms with Gasteiger partial charge in [0, 0.05) is 25.4 Å². The number of halogens is 8. The summed E-state index contributed by atoms with van der Waals surface area (Å²) in [6.45, 7) is 1.58. The zero-order valence-electron chi connectivity index (χ0n) is 23.4. The molecule has 0 aliphatic carbocycles. The molecular formula is C32H31Cl2F6NO3. The van der Waals surface area contributed by atoms with Gasteiger partial charge in [0.1, 0.15) is 5.78 Å². The Balaban J connectivity index is 1.46. The fraction of sp³-hybridized carbons (Fsp3) is 0.406. The van der Waals surface area contributed by atoms with Gasteiger partial charge < -0.3 is 15.1 Å². The first-order valence-electron chi connectivity index (χ1n) is 14.0. The number of piperidine rings is 1. The first-order valence-corrected chi connectivity index (χ1v) is 14.7. The zero-order valence-corrected chi connectivity index (χ0v) is 24.9. The van der Waals surface area contributed by atoms with Gasteiger partial charge in [0.2, 0.25) is 0 Å². The zero-order chi connectivity index (χ0) is 32.3. The number of Topliss-reactive ketones (excluding diaryl/α,β-unsaturated/α-hetero) is 1. The molecule has 1 aliphatic heterocycles. The summed E-state index contributed by atoms with van der Waals surface area (Å²) in [5.74, 6) is -1.22. The molecule has 0 saturated carbocycles. The number of alkyl halides is 6. The molecule has 3 aromatic carbocycles. The Morgan fingerprint density at radius 3 is 2.00 bits per heavy atom. The molecule has 1 saturated heterocycles. The van der Waals surface area contributed by atoms with Crippen molar-refractivity contribution in [2.24, 2.45) is 0 Å². The molecule has 2 N–H and O–H groups in total. The van der Waals surface area contributed by atoms with Gasteiger partial charge in [-0.1, -0.05) is 59.6 Å². The molecule has 0 radical (unpaired) electrons. The first kappa shape index (κ1) is 34.2. The maximum absolute atomic E-state index is 13.5. The first-order chi connectivity index (χ1) is 20.5. The van der Waals surface area contributed by atoms with Crippen LogP contribution in [0.3, 0.4) is 0 Å². The topological polar surface area (TPSA) is 60.8 Å². The number of benzene rings is 3. The van der Waals surface area contributed by atoms with E-state index in [1.54, 1.807) is 6.07 Å². The average molecular weight is 662 g/mol. The van der Waals surface area contributed by atoms with Gasteiger partial charge in [-0.2, -0.15) is 26.3 Å². The van der Waals surface area contributed by atoms with E-state index in [0.717, 1.165) is 5.56 Å². The maximum Gasteiger partial charge on any atom is 0.416 e. The van der Waals surface area contributed by atoms with Crippen LogP contribution in [0.1, 0.15) is 59.4 Å². The van der Waals surface area contributed by atoms with Crippen molar-refractivity contribution in [3.8, 4) is 0 Å². The van der Waals surface area contributed by atoms with Gasteiger partial charge in [0.05, 0.1) is 32.9 Å². The van der Waals surface area contributed by atoms with E-state index in [1.807, 2.05) is 30.3 Å². The van der Waals surface area contributed by atoms with Crippen LogP contribution in [-0.4, -0.2) is 46.6 Å². The molecule has 12 heteroatoms. The van der Waals surface area contributed by atoms with Crippen LogP contribution >= 0.6 is 23.2 Å². The van der Waals surface area contributed by atoms with E-state index in [2.05, 4.69) is 4.90 Å². The standard InChI is InChI=1S/C32H31Cl2F6NO3/c33-27-7-6-21(17-28(27)34)26(8-11-41-12-9-30(44,10-13-41)22-4-2-1-3-5-22)29(43)19-25(42)16-20-14-23(31(35,36)37)18-24(15-20)32(38,39)40/h1-7,14-15,17-18,25-26,42,44H,8-13,16,19H2. The van der Waals surface area contributed by atoms with Gasteiger partial charge in [-0.05, 0) is 79.3 Å². The second-order valence-corrected chi connectivity index (χ2v) is 12.0. The van der Waals surface area contributed by atoms with Crippen molar-refractivity contribution < 1.29 is 41.4 Å². The van der Waals surface area contributed by atoms with E-state index < -0.39 is 65.3 Å². The predicted molar refractivity (Wildman–Crippen MR) is 156 cm³/mol. The smallest absolute Gasteiger partial charge is 0.392 e. The normalized spacial score (nSPS) is 17.3. The molecule has 2 atom stereocenters. The Hall–Kier alpha value is -2.63. The summed E-state index contributed by atoms with van der Waals surface area (Å²) in [6.07, 6.45) is -11.4. The number of likely N-dealkylation sites (tertiary alicyclic amines) is 1. The molecule has 0 aromatic heterocycles. The molecule has 2 unspecified atom stereocenters. The monoisotopic (exact) mass is 661 g/mol. The molecule has 44 heavy (non-hydrogen) atoms. The minimum absolute atomic E-state index is 0.0165. The molecule has 1 aliphatic rings. The second kappa shape index (κ2) is 13.8. The molecule has 4 nitrogen and oxygen atoms in total. The summed E-state index contributed by atoms with van der Waals surface area (Å²) in [6, 6.07) is 15.2. The minimum atomic E-state index is -5.03. The van der Waals surface area contributed by atoms with Gasteiger partial charge in [-0.25, -0.2) is 0 Å². The van der Waals surface area contributed by atoms with E-state index in [4.69, 9.17) is 23.2 Å². The third-order valence-electron chi connectivity index (χ3n) is 8.02. The third kappa shape index (κ3) is 8.75. The Morgan fingerprint density at radius 2 is 1.45 bits per heavy atom. The quantitative estimate of drug-likeness (QED) is 0.216. The number of rotatable bonds is 10. The Labute approximate surface area is 261 Å². The van der Waals surface area contributed by atoms with Gasteiger partial charge in [-0.15, -0.1) is 0 Å². The van der Waals surface area contributed by atoms with E-state index >= 15 is 0 Å². The number of hydrogen-bond donors (Lipinski definition) is 2. The number of nitrogens with zero attached hydrogens (tertiary/aromatic N) is 1. The van der Waals surface area contributed by atoms with Crippen molar-refractivity contribution in [1.29, 1.82) is 0 Å². The highest BCUT2D eigenvalue weighted by molar-refractivity contribution is 6.42. The van der Waals surface area contributed by atoms with Crippen molar-refractivity contribution in [3.05, 3.63) is 105 Å². The average Bonchev–Trinajstić information content (AvgIpc) is 2.95. The number of carbonyl (C=O) groups is 1. The lowest BCUT2D eigenvalue weighted by Crippen LogP contribution is -2.43. The van der Waals surface area contributed by atoms with Crippen LogP contribution in [0.5, 0.6) is 0 Å². The fourth-order valence-corrected chi connectivity index (χ4v) is 5.90. The third-order valence-corrected chi connectivity index (χ3v) is 8.76. The van der Waals surface area contributed by atoms with Gasteiger partial charge in [0.15, 0.2) is 0 Å². The van der Waals surface area contributed by atoms with Crippen LogP contribution in [0.4, 0.5) is 26.3 Å². The number of hydrogen-bond acceptors (Lipinski definition) is 4. The number of carbonyl (C=O) groups excluding carboxylic acids is 1. The van der Waals surface area contributed by atoms with Crippen LogP contribution < -0.4 is 0 Å². The van der Waals surface area contributed by atoms with Crippen molar-refractivity contribution >= 4 is 29.0 Å². The number of aliphatic hydroxyl groups is 2. The van der Waals surface area contributed by atoms with Crippen molar-refractivity contribution in [1.82, 2.24) is 4.90 Å². The molecule has 0 amide bonds. The Bertz CT molecular complexity index is 1410. The summed E-state index contributed by atoms with van der Waals surface area (Å²) < 4.78 is 79.7. The van der Waals surface area contributed by atoms with E-state index in [-0.39, 0.29) is 16.1 Å². The van der Waals surface area contributed by atoms with Crippen molar-refractivity contribution in [2.75, 3.05) is 19.6 Å². The maximum atomic E-state index is 13.5. The van der Waals surface area contributed by atoms with Gasteiger partial charge in [-0.3, -0.25) is 4.79 Å². The lowest BCUT2D eigenvalue weighted by Gasteiger charge is -2.39. The van der Waals surface area contributed by atoms with Crippen LogP contribution in [0.15, 0.2) is 66.7 Å². The summed E-state index contributed by atoms with van der Waals surface area (Å²) in [5, 5.41) is 22.3. The van der Waals surface area contributed by atoms with Crippen LogP contribution in [-0.2, 0) is 29.2 Å². The Morgan fingerprint density at radius 1 is 0.864 bits per heavy atom. The highest BCUT2D eigenvalue weighted by atomic mass is 35.5. The van der Waals surface area contributed by atoms with Gasteiger partial charge in [0.25, 0.3) is 0 Å². The lowest BCUT2D eigenvalue weighted by molar-refractivity contribution is -0.143. The highest BCUT2D eigenvalue weighted by Crippen LogP contribution is 2.37. The van der Waals surface area contributed by atoms with E-state index in [9.17, 15) is 41.4 Å². The molecule has 238 valence electrons. The molecular weight excluding hydrogens is 631 g/mol. The van der Waals surface area contributed by atoms with Crippen LogP contribution in [0, 0.1) is 0 Å². The fourth-order valence-electron chi connectivity index (χ4n) is 5.59. The highest BCUT2D eigenvalue weighted by Gasteiger charge is 2.37. The summed E-state index contributed by atoms with van der Waals surface area (Å²) >= 11 is 12.3.